The monoisotopic (exact) mass is 261 g/mol. The number of nitro groups is 1. The van der Waals surface area contributed by atoms with Gasteiger partial charge in [0.2, 0.25) is 0 Å². The van der Waals surface area contributed by atoms with Gasteiger partial charge in [-0.05, 0) is 12.1 Å². The van der Waals surface area contributed by atoms with E-state index in [1.165, 1.54) is 6.07 Å². The van der Waals surface area contributed by atoms with Crippen molar-refractivity contribution in [3.8, 4) is 0 Å². The lowest BCUT2D eigenvalue weighted by Gasteiger charge is -2.10. The van der Waals surface area contributed by atoms with Gasteiger partial charge in [-0.25, -0.2) is 4.79 Å². The lowest BCUT2D eigenvalue weighted by atomic mass is 10.2. The number of carbonyl (C=O) groups excluding carboxylic acids is 1. The van der Waals surface area contributed by atoms with Crippen molar-refractivity contribution in [2.45, 2.75) is 12.6 Å². The molecule has 2 heterocycles. The number of amides is 1. The highest BCUT2D eigenvalue weighted by Crippen LogP contribution is 2.26. The number of benzene rings is 1. The van der Waals surface area contributed by atoms with Gasteiger partial charge in [-0.1, -0.05) is 6.07 Å². The second kappa shape index (κ2) is 4.27. The molecule has 1 aromatic heterocycles. The van der Waals surface area contributed by atoms with Crippen molar-refractivity contribution in [1.82, 2.24) is 9.88 Å². The Morgan fingerprint density at radius 2 is 2.32 bits per heavy atom. The van der Waals surface area contributed by atoms with E-state index >= 15 is 0 Å². The Kier molecular flexibility index (Phi) is 2.59. The average molecular weight is 261 g/mol. The fourth-order valence-corrected chi connectivity index (χ4v) is 2.28. The lowest BCUT2D eigenvalue weighted by Crippen LogP contribution is -2.20. The Morgan fingerprint density at radius 1 is 1.47 bits per heavy atom. The third-order valence-corrected chi connectivity index (χ3v) is 3.14. The van der Waals surface area contributed by atoms with E-state index in [2.05, 4.69) is 5.32 Å². The van der Waals surface area contributed by atoms with Crippen molar-refractivity contribution in [1.29, 1.82) is 0 Å². The van der Waals surface area contributed by atoms with E-state index in [4.69, 9.17) is 4.74 Å². The minimum absolute atomic E-state index is 0.0813. The van der Waals surface area contributed by atoms with Crippen LogP contribution in [0.1, 0.15) is 0 Å². The van der Waals surface area contributed by atoms with E-state index in [0.717, 1.165) is 5.52 Å². The Hall–Kier alpha value is -2.57. The van der Waals surface area contributed by atoms with E-state index in [9.17, 15) is 14.9 Å². The van der Waals surface area contributed by atoms with Crippen LogP contribution in [0.3, 0.4) is 0 Å². The van der Waals surface area contributed by atoms with Crippen LogP contribution in [0.5, 0.6) is 0 Å². The first-order chi connectivity index (χ1) is 9.15. The van der Waals surface area contributed by atoms with E-state index in [1.807, 2.05) is 10.6 Å². The van der Waals surface area contributed by atoms with Crippen molar-refractivity contribution in [2.24, 2.45) is 0 Å². The molecule has 19 heavy (non-hydrogen) atoms. The number of aromatic nitrogens is 1. The van der Waals surface area contributed by atoms with Crippen LogP contribution in [0.2, 0.25) is 0 Å². The molecule has 0 saturated carbocycles. The highest BCUT2D eigenvalue weighted by molar-refractivity contribution is 5.89. The van der Waals surface area contributed by atoms with Gasteiger partial charge in [0.25, 0.3) is 5.69 Å². The van der Waals surface area contributed by atoms with Crippen molar-refractivity contribution in [3.63, 3.8) is 0 Å². The van der Waals surface area contributed by atoms with Gasteiger partial charge in [0.1, 0.15) is 6.10 Å². The summed E-state index contributed by atoms with van der Waals surface area (Å²) in [5.41, 5.74) is 0.843. The first-order valence-electron chi connectivity index (χ1n) is 5.82. The highest BCUT2D eigenvalue weighted by atomic mass is 16.6. The van der Waals surface area contributed by atoms with Crippen molar-refractivity contribution in [3.05, 3.63) is 40.6 Å². The Bertz CT molecular complexity index is 664. The zero-order chi connectivity index (χ0) is 13.4. The minimum atomic E-state index is -0.424. The summed E-state index contributed by atoms with van der Waals surface area (Å²) in [6.45, 7) is 0.927. The van der Waals surface area contributed by atoms with Crippen molar-refractivity contribution in [2.75, 3.05) is 6.54 Å². The molecule has 1 aromatic carbocycles. The van der Waals surface area contributed by atoms with Gasteiger partial charge >= 0.3 is 6.09 Å². The topological polar surface area (TPSA) is 86.4 Å². The van der Waals surface area contributed by atoms with E-state index < -0.39 is 11.0 Å². The van der Waals surface area contributed by atoms with Crippen LogP contribution in [0.25, 0.3) is 10.9 Å². The maximum Gasteiger partial charge on any atom is 0.407 e. The molecule has 0 radical (unpaired) electrons. The van der Waals surface area contributed by atoms with Gasteiger partial charge in [-0.2, -0.15) is 0 Å². The molecule has 7 heteroatoms. The second-order valence-corrected chi connectivity index (χ2v) is 4.34. The Balaban J connectivity index is 1.95. The first-order valence-corrected chi connectivity index (χ1v) is 5.82. The third kappa shape index (κ3) is 1.99. The van der Waals surface area contributed by atoms with Gasteiger partial charge in [-0.3, -0.25) is 10.1 Å². The van der Waals surface area contributed by atoms with Crippen LogP contribution in [0.15, 0.2) is 30.5 Å². The number of nitrogens with one attached hydrogen (secondary N) is 1. The van der Waals surface area contributed by atoms with Gasteiger partial charge in [-0.15, -0.1) is 0 Å². The highest BCUT2D eigenvalue weighted by Gasteiger charge is 2.23. The van der Waals surface area contributed by atoms with Crippen molar-refractivity contribution >= 4 is 22.7 Å². The molecule has 1 atom stereocenters. The molecule has 0 aliphatic carbocycles. The van der Waals surface area contributed by atoms with Crippen LogP contribution >= 0.6 is 0 Å². The molecule has 1 fully saturated rings. The Labute approximate surface area is 107 Å². The number of non-ortho nitro benzene ring substituents is 1. The number of rotatable bonds is 3. The fraction of sp³-hybridized carbons (Fsp3) is 0.250. The van der Waals surface area contributed by atoms with E-state index in [0.29, 0.717) is 18.5 Å². The molecule has 1 amide bonds. The summed E-state index contributed by atoms with van der Waals surface area (Å²) in [6, 6.07) is 6.64. The van der Waals surface area contributed by atoms with Crippen LogP contribution < -0.4 is 5.32 Å². The normalized spacial score (nSPS) is 18.3. The zero-order valence-electron chi connectivity index (χ0n) is 9.91. The average Bonchev–Trinajstić information content (AvgIpc) is 2.97. The molecule has 7 nitrogen and oxygen atoms in total. The molecule has 0 spiro atoms. The quantitative estimate of drug-likeness (QED) is 0.672. The Morgan fingerprint density at radius 3 is 3.00 bits per heavy atom. The van der Waals surface area contributed by atoms with Gasteiger partial charge < -0.3 is 14.6 Å². The summed E-state index contributed by atoms with van der Waals surface area (Å²) in [4.78, 5) is 21.5. The molecule has 0 bridgehead atoms. The fourth-order valence-electron chi connectivity index (χ4n) is 2.28. The zero-order valence-corrected chi connectivity index (χ0v) is 9.91. The number of hydrogen-bond acceptors (Lipinski definition) is 4. The summed E-state index contributed by atoms with van der Waals surface area (Å²) >= 11 is 0. The predicted molar refractivity (Wildman–Crippen MR) is 66.9 cm³/mol. The number of nitro benzene ring substituents is 1. The lowest BCUT2D eigenvalue weighted by molar-refractivity contribution is -0.383. The maximum absolute atomic E-state index is 11.0. The van der Waals surface area contributed by atoms with Crippen LogP contribution in [0, 0.1) is 10.1 Å². The number of ether oxygens (including phenoxy) is 1. The summed E-state index contributed by atoms with van der Waals surface area (Å²) in [6.07, 6.45) is 1.10. The molecule has 1 saturated heterocycles. The van der Waals surface area contributed by atoms with Gasteiger partial charge in [0.15, 0.2) is 0 Å². The molecule has 1 unspecified atom stereocenters. The van der Waals surface area contributed by atoms with Crippen LogP contribution in [0.4, 0.5) is 10.5 Å². The number of alkyl carbamates (subject to hydrolysis) is 1. The van der Waals surface area contributed by atoms with E-state index in [-0.39, 0.29) is 11.8 Å². The van der Waals surface area contributed by atoms with Gasteiger partial charge in [0.05, 0.1) is 28.9 Å². The number of nitrogens with zero attached hydrogens (tertiary/aromatic N) is 2. The van der Waals surface area contributed by atoms with Crippen molar-refractivity contribution < 1.29 is 14.5 Å². The van der Waals surface area contributed by atoms with E-state index in [1.54, 1.807) is 18.3 Å². The standard InChI is InChI=1S/C12H11N3O4/c16-12-13-6-8(19-12)7-14-5-4-9-10(14)2-1-3-11(9)15(17)18/h1-5,8H,6-7H2,(H,13,16). The van der Waals surface area contributed by atoms with Crippen LogP contribution in [-0.2, 0) is 11.3 Å². The summed E-state index contributed by atoms with van der Waals surface area (Å²) in [5, 5.41) is 14.1. The number of carbonyl (C=O) groups is 1. The molecule has 1 N–H and O–H groups in total. The second-order valence-electron chi connectivity index (χ2n) is 4.34. The number of fused-ring (bicyclic) bond motifs is 1. The SMILES string of the molecule is O=C1NCC(Cn2ccc3c([N+](=O)[O-])cccc32)O1. The van der Waals surface area contributed by atoms with Gasteiger partial charge in [0, 0.05) is 12.3 Å². The number of cyclic esters (lactones) is 1. The first kappa shape index (κ1) is 11.5. The molecule has 98 valence electrons. The predicted octanol–water partition coefficient (Wildman–Crippen LogP) is 1.66. The number of hydrogen-bond donors (Lipinski definition) is 1. The molecule has 3 rings (SSSR count). The third-order valence-electron chi connectivity index (χ3n) is 3.14. The van der Waals surface area contributed by atoms with Crippen LogP contribution in [-0.4, -0.2) is 28.2 Å². The molecular formula is C12H11N3O4. The maximum atomic E-state index is 11.0. The summed E-state index contributed by atoms with van der Waals surface area (Å²) in [7, 11) is 0. The molecule has 1 aliphatic heterocycles. The smallest absolute Gasteiger partial charge is 0.407 e. The summed E-state index contributed by atoms with van der Waals surface area (Å²) in [5.74, 6) is 0. The molecule has 1 aliphatic rings. The summed E-state index contributed by atoms with van der Waals surface area (Å²) < 4.78 is 6.91. The largest absolute Gasteiger partial charge is 0.442 e. The molecular weight excluding hydrogens is 250 g/mol. The minimum Gasteiger partial charge on any atom is -0.442 e. The molecule has 2 aromatic rings.